The van der Waals surface area contributed by atoms with Crippen molar-refractivity contribution >= 4 is 44.8 Å². The summed E-state index contributed by atoms with van der Waals surface area (Å²) >= 11 is 1.50. The molecule has 1 heterocycles. The monoisotopic (exact) mass is 434 g/mol. The van der Waals surface area contributed by atoms with E-state index in [1.165, 1.54) is 37.9 Å². The Morgan fingerprint density at radius 3 is 2.79 bits per heavy atom. The van der Waals surface area contributed by atoms with Crippen molar-refractivity contribution in [3.63, 3.8) is 0 Å². The molecule has 0 bridgehead atoms. The van der Waals surface area contributed by atoms with Crippen LogP contribution in [0.1, 0.15) is 19.8 Å². The molecule has 2 aromatic carbocycles. The number of carbonyl (C=O) groups excluding carboxylic acids is 2. The standard InChI is InChI=1S/C20H22N2O5S2/c1-13(11-20(24)21-15-5-3-4-6-17(15)27-2)29(25,26)14-7-8-18-16(12-14)22-19(23)9-10-28-18/h3-8,12-13H,9-11H2,1-2H3,(H,21,24)(H,22,23)/t13-/m1/s1. The average molecular weight is 435 g/mol. The van der Waals surface area contributed by atoms with Gasteiger partial charge in [-0.1, -0.05) is 12.1 Å². The molecule has 0 aliphatic carbocycles. The molecule has 0 saturated carbocycles. The third-order valence-corrected chi connectivity index (χ3v) is 7.74. The Morgan fingerprint density at radius 2 is 2.03 bits per heavy atom. The Morgan fingerprint density at radius 1 is 1.28 bits per heavy atom. The lowest BCUT2D eigenvalue weighted by Crippen LogP contribution is -2.25. The van der Waals surface area contributed by atoms with Crippen molar-refractivity contribution in [1.82, 2.24) is 0 Å². The van der Waals surface area contributed by atoms with Crippen LogP contribution in [-0.4, -0.2) is 38.3 Å². The first kappa shape index (κ1) is 21.2. The molecule has 2 amide bonds. The molecule has 2 aromatic rings. The van der Waals surface area contributed by atoms with Crippen LogP contribution in [0.3, 0.4) is 0 Å². The van der Waals surface area contributed by atoms with Crippen LogP contribution in [0.5, 0.6) is 5.75 Å². The molecule has 0 saturated heterocycles. The maximum Gasteiger partial charge on any atom is 0.225 e. The third kappa shape index (κ3) is 4.91. The molecule has 2 N–H and O–H groups in total. The second kappa shape index (κ2) is 8.87. The maximum absolute atomic E-state index is 13.0. The van der Waals surface area contributed by atoms with E-state index in [-0.39, 0.29) is 17.2 Å². The fraction of sp³-hybridized carbons (Fsp3) is 0.300. The molecule has 1 aliphatic heterocycles. The number of anilines is 2. The minimum Gasteiger partial charge on any atom is -0.495 e. The number of fused-ring (bicyclic) bond motifs is 1. The van der Waals surface area contributed by atoms with Crippen molar-refractivity contribution in [1.29, 1.82) is 0 Å². The first-order valence-corrected chi connectivity index (χ1v) is 11.6. The number of amides is 2. The Hall–Kier alpha value is -2.52. The number of hydrogen-bond donors (Lipinski definition) is 2. The molecule has 0 aromatic heterocycles. The summed E-state index contributed by atoms with van der Waals surface area (Å²) in [7, 11) is -2.26. The maximum atomic E-state index is 13.0. The summed E-state index contributed by atoms with van der Waals surface area (Å²) in [6.07, 6.45) is 0.166. The van der Waals surface area contributed by atoms with Gasteiger partial charge in [-0.25, -0.2) is 8.42 Å². The number of sulfone groups is 1. The largest absolute Gasteiger partial charge is 0.495 e. The van der Waals surface area contributed by atoms with Gasteiger partial charge in [-0.3, -0.25) is 9.59 Å². The summed E-state index contributed by atoms with van der Waals surface area (Å²) in [6.45, 7) is 1.50. The Balaban J connectivity index is 1.75. The zero-order chi connectivity index (χ0) is 21.0. The lowest BCUT2D eigenvalue weighted by Gasteiger charge is -2.16. The molecule has 154 valence electrons. The van der Waals surface area contributed by atoms with Crippen LogP contribution < -0.4 is 15.4 Å². The number of rotatable bonds is 6. The molecule has 3 rings (SSSR count). The molecule has 29 heavy (non-hydrogen) atoms. The second-order valence-electron chi connectivity index (χ2n) is 6.61. The van der Waals surface area contributed by atoms with E-state index in [1.54, 1.807) is 30.3 Å². The highest BCUT2D eigenvalue weighted by molar-refractivity contribution is 7.99. The van der Waals surface area contributed by atoms with Crippen molar-refractivity contribution in [3.05, 3.63) is 42.5 Å². The zero-order valence-electron chi connectivity index (χ0n) is 16.1. The van der Waals surface area contributed by atoms with Gasteiger partial charge in [0, 0.05) is 23.5 Å². The van der Waals surface area contributed by atoms with Gasteiger partial charge >= 0.3 is 0 Å². The SMILES string of the molecule is COc1ccccc1NC(=O)C[C@@H](C)S(=O)(=O)c1ccc2c(c1)NC(=O)CCS2. The first-order valence-electron chi connectivity index (χ1n) is 9.04. The lowest BCUT2D eigenvalue weighted by molar-refractivity contribution is -0.116. The minimum absolute atomic E-state index is 0.0802. The molecule has 0 unspecified atom stereocenters. The number of nitrogens with one attached hydrogen (secondary N) is 2. The number of carbonyl (C=O) groups is 2. The van der Waals surface area contributed by atoms with E-state index >= 15 is 0 Å². The highest BCUT2D eigenvalue weighted by Crippen LogP contribution is 2.33. The van der Waals surface area contributed by atoms with Crippen LogP contribution in [0.25, 0.3) is 0 Å². The van der Waals surface area contributed by atoms with Crippen LogP contribution in [0.15, 0.2) is 52.3 Å². The van der Waals surface area contributed by atoms with E-state index in [4.69, 9.17) is 4.74 Å². The molecule has 1 atom stereocenters. The molecule has 0 fully saturated rings. The summed E-state index contributed by atoms with van der Waals surface area (Å²) in [5.41, 5.74) is 0.971. The van der Waals surface area contributed by atoms with Gasteiger partial charge in [0.15, 0.2) is 9.84 Å². The van der Waals surface area contributed by atoms with Gasteiger partial charge in [0.25, 0.3) is 0 Å². The van der Waals surface area contributed by atoms with E-state index in [9.17, 15) is 18.0 Å². The number of para-hydroxylation sites is 2. The van der Waals surface area contributed by atoms with E-state index in [2.05, 4.69) is 10.6 Å². The summed E-state index contributed by atoms with van der Waals surface area (Å²) in [5, 5.41) is 4.49. The number of benzene rings is 2. The van der Waals surface area contributed by atoms with Crippen molar-refractivity contribution in [2.75, 3.05) is 23.5 Å². The normalized spacial score (nSPS) is 14.9. The Bertz CT molecular complexity index is 1040. The molecule has 9 heteroatoms. The summed E-state index contributed by atoms with van der Waals surface area (Å²) < 4.78 is 31.1. The van der Waals surface area contributed by atoms with Crippen LogP contribution >= 0.6 is 11.8 Å². The topological polar surface area (TPSA) is 102 Å². The molecule has 0 spiro atoms. The first-order chi connectivity index (χ1) is 13.8. The molecule has 7 nitrogen and oxygen atoms in total. The zero-order valence-corrected chi connectivity index (χ0v) is 17.7. The second-order valence-corrected chi connectivity index (χ2v) is 10.1. The smallest absolute Gasteiger partial charge is 0.225 e. The van der Waals surface area contributed by atoms with Gasteiger partial charge in [0.1, 0.15) is 5.75 Å². The van der Waals surface area contributed by atoms with Crippen molar-refractivity contribution in [2.24, 2.45) is 0 Å². The number of hydrogen-bond acceptors (Lipinski definition) is 6. The summed E-state index contributed by atoms with van der Waals surface area (Å²) in [6, 6.07) is 11.6. The predicted molar refractivity (Wildman–Crippen MR) is 113 cm³/mol. The highest BCUT2D eigenvalue weighted by atomic mass is 32.2. The van der Waals surface area contributed by atoms with Gasteiger partial charge in [-0.05, 0) is 37.3 Å². The van der Waals surface area contributed by atoms with Gasteiger partial charge in [0.05, 0.1) is 28.6 Å². The van der Waals surface area contributed by atoms with Gasteiger partial charge in [-0.15, -0.1) is 11.8 Å². The van der Waals surface area contributed by atoms with Crippen LogP contribution in [-0.2, 0) is 19.4 Å². The number of ether oxygens (including phenoxy) is 1. The molecule has 0 radical (unpaired) electrons. The van der Waals surface area contributed by atoms with Crippen molar-refractivity contribution in [2.45, 2.75) is 34.8 Å². The van der Waals surface area contributed by atoms with E-state index in [0.717, 1.165) is 4.90 Å². The molecule has 1 aliphatic rings. The fourth-order valence-corrected chi connectivity index (χ4v) is 5.24. The third-order valence-electron chi connectivity index (χ3n) is 4.52. The van der Waals surface area contributed by atoms with Gasteiger partial charge < -0.3 is 15.4 Å². The quantitative estimate of drug-likeness (QED) is 0.723. The Kier molecular flexibility index (Phi) is 6.49. The summed E-state index contributed by atoms with van der Waals surface area (Å²) in [4.78, 5) is 25.1. The van der Waals surface area contributed by atoms with Crippen LogP contribution in [0, 0.1) is 0 Å². The van der Waals surface area contributed by atoms with Gasteiger partial charge in [0.2, 0.25) is 11.8 Å². The van der Waals surface area contributed by atoms with Crippen molar-refractivity contribution in [3.8, 4) is 5.75 Å². The number of methoxy groups -OCH3 is 1. The number of thioether (sulfide) groups is 1. The fourth-order valence-electron chi connectivity index (χ4n) is 2.93. The molecular formula is C20H22N2O5S2. The summed E-state index contributed by atoms with van der Waals surface area (Å²) in [5.74, 6) is 0.569. The lowest BCUT2D eigenvalue weighted by atomic mass is 10.2. The van der Waals surface area contributed by atoms with Crippen LogP contribution in [0.4, 0.5) is 11.4 Å². The van der Waals surface area contributed by atoms with E-state index in [0.29, 0.717) is 29.3 Å². The van der Waals surface area contributed by atoms with Gasteiger partial charge in [-0.2, -0.15) is 0 Å². The predicted octanol–water partition coefficient (Wildman–Crippen LogP) is 3.32. The minimum atomic E-state index is -3.76. The van der Waals surface area contributed by atoms with Crippen molar-refractivity contribution < 1.29 is 22.7 Å². The van der Waals surface area contributed by atoms with Crippen LogP contribution in [0.2, 0.25) is 0 Å². The Labute approximate surface area is 174 Å². The van der Waals surface area contributed by atoms with E-state index in [1.807, 2.05) is 0 Å². The van der Waals surface area contributed by atoms with E-state index < -0.39 is 21.0 Å². The highest BCUT2D eigenvalue weighted by Gasteiger charge is 2.27. The average Bonchev–Trinajstić information content (AvgIpc) is 2.88. The molecular weight excluding hydrogens is 412 g/mol.